The molecule has 4 heteroatoms. The van der Waals surface area contributed by atoms with Gasteiger partial charge in [0.05, 0.1) is 0 Å². The van der Waals surface area contributed by atoms with Crippen molar-refractivity contribution in [2.45, 2.75) is 26.2 Å². The molecule has 1 rings (SSSR count). The van der Waals surface area contributed by atoms with Gasteiger partial charge in [0.15, 0.2) is 5.78 Å². The molecular formula is C15H18N2O2. The zero-order chi connectivity index (χ0) is 14.1. The van der Waals surface area contributed by atoms with Gasteiger partial charge in [0.25, 0.3) is 0 Å². The van der Waals surface area contributed by atoms with Crippen LogP contribution in [0.1, 0.15) is 36.5 Å². The molecule has 1 aromatic rings. The average Bonchev–Trinajstić information content (AvgIpc) is 2.39. The number of rotatable bonds is 6. The molecule has 0 radical (unpaired) electrons. The molecule has 0 atom stereocenters. The van der Waals surface area contributed by atoms with Crippen molar-refractivity contribution in [3.05, 3.63) is 29.8 Å². The van der Waals surface area contributed by atoms with Gasteiger partial charge in [-0.1, -0.05) is 0 Å². The molecule has 2 N–H and O–H groups in total. The predicted molar refractivity (Wildman–Crippen MR) is 76.2 cm³/mol. The summed E-state index contributed by atoms with van der Waals surface area (Å²) >= 11 is 0. The van der Waals surface area contributed by atoms with Crippen LogP contribution in [0.3, 0.4) is 0 Å². The van der Waals surface area contributed by atoms with Crippen LogP contribution < -0.4 is 10.6 Å². The minimum Gasteiger partial charge on any atom is -0.338 e. The second-order valence-electron chi connectivity index (χ2n) is 4.18. The maximum atomic E-state index is 11.5. The van der Waals surface area contributed by atoms with E-state index in [2.05, 4.69) is 16.6 Å². The lowest BCUT2D eigenvalue weighted by atomic mass is 10.1. The van der Waals surface area contributed by atoms with E-state index < -0.39 is 0 Å². The summed E-state index contributed by atoms with van der Waals surface area (Å²) in [5.41, 5.74) is 1.28. The Kier molecular flexibility index (Phi) is 6.17. The van der Waals surface area contributed by atoms with Crippen molar-refractivity contribution >= 4 is 17.5 Å². The normalized spacial score (nSPS) is 9.47. The molecule has 0 aliphatic rings. The number of anilines is 1. The lowest BCUT2D eigenvalue weighted by Crippen LogP contribution is -2.29. The number of amides is 2. The van der Waals surface area contributed by atoms with Crippen LogP contribution in [0.2, 0.25) is 0 Å². The Labute approximate surface area is 113 Å². The summed E-state index contributed by atoms with van der Waals surface area (Å²) in [5, 5.41) is 5.44. The molecule has 0 spiro atoms. The summed E-state index contributed by atoms with van der Waals surface area (Å²) in [7, 11) is 0. The van der Waals surface area contributed by atoms with Crippen LogP contribution in [0.25, 0.3) is 0 Å². The van der Waals surface area contributed by atoms with Crippen molar-refractivity contribution in [2.75, 3.05) is 11.9 Å². The SMILES string of the molecule is C#CCCCCNC(=O)Nc1ccc(C(C)=O)cc1. The van der Waals surface area contributed by atoms with E-state index in [0.29, 0.717) is 17.8 Å². The Morgan fingerprint density at radius 2 is 1.89 bits per heavy atom. The number of urea groups is 1. The number of hydrogen-bond donors (Lipinski definition) is 2. The van der Waals surface area contributed by atoms with E-state index in [1.807, 2.05) is 0 Å². The summed E-state index contributed by atoms with van der Waals surface area (Å²) in [5.74, 6) is 2.56. The van der Waals surface area contributed by atoms with Crippen molar-refractivity contribution < 1.29 is 9.59 Å². The molecule has 100 valence electrons. The van der Waals surface area contributed by atoms with Gasteiger partial charge in [-0.25, -0.2) is 4.79 Å². The maximum Gasteiger partial charge on any atom is 0.319 e. The number of benzene rings is 1. The van der Waals surface area contributed by atoms with Gasteiger partial charge in [-0.05, 0) is 44.0 Å². The minimum absolute atomic E-state index is 0.00418. The summed E-state index contributed by atoms with van der Waals surface area (Å²) in [6.45, 7) is 2.10. The van der Waals surface area contributed by atoms with Crippen molar-refractivity contribution in [1.82, 2.24) is 5.32 Å². The van der Waals surface area contributed by atoms with Gasteiger partial charge in [-0.15, -0.1) is 12.3 Å². The van der Waals surface area contributed by atoms with Gasteiger partial charge in [0.2, 0.25) is 0 Å². The molecule has 0 unspecified atom stereocenters. The predicted octanol–water partition coefficient (Wildman–Crippen LogP) is 2.81. The lowest BCUT2D eigenvalue weighted by Gasteiger charge is -2.07. The number of unbranched alkanes of at least 4 members (excludes halogenated alkanes) is 2. The van der Waals surface area contributed by atoms with Crippen LogP contribution in [0.4, 0.5) is 10.5 Å². The Hall–Kier alpha value is -2.28. The quantitative estimate of drug-likeness (QED) is 0.468. The van der Waals surface area contributed by atoms with Crippen LogP contribution in [0, 0.1) is 12.3 Å². The van der Waals surface area contributed by atoms with Gasteiger partial charge in [-0.3, -0.25) is 4.79 Å². The minimum atomic E-state index is -0.253. The third kappa shape index (κ3) is 5.73. The van der Waals surface area contributed by atoms with Crippen LogP contribution in [0.15, 0.2) is 24.3 Å². The van der Waals surface area contributed by atoms with Gasteiger partial charge >= 0.3 is 6.03 Å². The van der Waals surface area contributed by atoms with E-state index in [9.17, 15) is 9.59 Å². The van der Waals surface area contributed by atoms with Gasteiger partial charge in [-0.2, -0.15) is 0 Å². The number of carbonyl (C=O) groups excluding carboxylic acids is 2. The van der Waals surface area contributed by atoms with E-state index in [0.717, 1.165) is 19.3 Å². The Balaban J connectivity index is 2.32. The highest BCUT2D eigenvalue weighted by atomic mass is 16.2. The Morgan fingerprint density at radius 1 is 1.21 bits per heavy atom. The Morgan fingerprint density at radius 3 is 2.47 bits per heavy atom. The fourth-order valence-corrected chi connectivity index (χ4v) is 1.52. The monoisotopic (exact) mass is 258 g/mol. The molecule has 0 saturated carbocycles. The molecule has 2 amide bonds. The second kappa shape index (κ2) is 7.93. The Bertz CT molecular complexity index is 472. The van der Waals surface area contributed by atoms with Crippen molar-refractivity contribution in [1.29, 1.82) is 0 Å². The summed E-state index contributed by atoms with van der Waals surface area (Å²) in [6.07, 6.45) is 7.63. The van der Waals surface area contributed by atoms with E-state index in [4.69, 9.17) is 6.42 Å². The fourth-order valence-electron chi connectivity index (χ4n) is 1.52. The molecule has 19 heavy (non-hydrogen) atoms. The summed E-state index contributed by atoms with van der Waals surface area (Å²) in [4.78, 5) is 22.6. The maximum absolute atomic E-state index is 11.5. The third-order valence-electron chi connectivity index (χ3n) is 2.58. The number of carbonyl (C=O) groups is 2. The first-order valence-corrected chi connectivity index (χ1v) is 6.23. The molecule has 0 bridgehead atoms. The largest absolute Gasteiger partial charge is 0.338 e. The van der Waals surface area contributed by atoms with Gasteiger partial charge in [0.1, 0.15) is 0 Å². The van der Waals surface area contributed by atoms with Crippen LogP contribution in [-0.2, 0) is 0 Å². The highest BCUT2D eigenvalue weighted by molar-refractivity contribution is 5.95. The number of hydrogen-bond acceptors (Lipinski definition) is 2. The highest BCUT2D eigenvalue weighted by Crippen LogP contribution is 2.09. The standard InChI is InChI=1S/C15H18N2O2/c1-3-4-5-6-11-16-15(19)17-14-9-7-13(8-10-14)12(2)18/h1,7-10H,4-6,11H2,2H3,(H2,16,17,19). The molecule has 0 aromatic heterocycles. The van der Waals surface area contributed by atoms with Gasteiger partial charge < -0.3 is 10.6 Å². The first kappa shape index (κ1) is 14.8. The first-order valence-electron chi connectivity index (χ1n) is 6.23. The van der Waals surface area contributed by atoms with Crippen molar-refractivity contribution in [3.8, 4) is 12.3 Å². The smallest absolute Gasteiger partial charge is 0.319 e. The van der Waals surface area contributed by atoms with E-state index >= 15 is 0 Å². The molecule has 4 nitrogen and oxygen atoms in total. The molecule has 0 fully saturated rings. The number of Topliss-reactive ketones (excluding diaryl/α,β-unsaturated/α-hetero) is 1. The zero-order valence-electron chi connectivity index (χ0n) is 11.0. The van der Waals surface area contributed by atoms with Crippen molar-refractivity contribution in [3.63, 3.8) is 0 Å². The molecule has 0 aliphatic heterocycles. The van der Waals surface area contributed by atoms with Crippen LogP contribution >= 0.6 is 0 Å². The van der Waals surface area contributed by atoms with Crippen molar-refractivity contribution in [2.24, 2.45) is 0 Å². The van der Waals surface area contributed by atoms with Crippen LogP contribution in [-0.4, -0.2) is 18.4 Å². The summed E-state index contributed by atoms with van der Waals surface area (Å²) < 4.78 is 0. The molecule has 0 saturated heterocycles. The number of nitrogens with one attached hydrogen (secondary N) is 2. The van der Waals surface area contributed by atoms with Crippen LogP contribution in [0.5, 0.6) is 0 Å². The molecule has 0 aliphatic carbocycles. The molecular weight excluding hydrogens is 240 g/mol. The topological polar surface area (TPSA) is 58.2 Å². The second-order valence-corrected chi connectivity index (χ2v) is 4.18. The zero-order valence-corrected chi connectivity index (χ0v) is 11.0. The highest BCUT2D eigenvalue weighted by Gasteiger charge is 2.02. The molecule has 0 heterocycles. The first-order chi connectivity index (χ1) is 9.13. The van der Waals surface area contributed by atoms with Gasteiger partial charge in [0, 0.05) is 24.2 Å². The third-order valence-corrected chi connectivity index (χ3v) is 2.58. The average molecular weight is 258 g/mol. The summed E-state index contributed by atoms with van der Waals surface area (Å²) in [6, 6.07) is 6.52. The number of terminal acetylenes is 1. The molecule has 1 aromatic carbocycles. The lowest BCUT2D eigenvalue weighted by molar-refractivity contribution is 0.101. The van der Waals surface area contributed by atoms with E-state index in [-0.39, 0.29) is 11.8 Å². The van der Waals surface area contributed by atoms with E-state index in [1.165, 1.54) is 6.92 Å². The van der Waals surface area contributed by atoms with E-state index in [1.54, 1.807) is 24.3 Å². The number of ketones is 1. The fraction of sp³-hybridized carbons (Fsp3) is 0.333.